The Balaban J connectivity index is 1.61. The second kappa shape index (κ2) is 9.35. The van der Waals surface area contributed by atoms with E-state index >= 15 is 0 Å². The van der Waals surface area contributed by atoms with Crippen LogP contribution >= 0.6 is 11.8 Å². The number of furan rings is 1. The van der Waals surface area contributed by atoms with Crippen molar-refractivity contribution >= 4 is 45.4 Å². The number of fused-ring (bicyclic) bond motifs is 3. The average molecular weight is 454 g/mol. The van der Waals surface area contributed by atoms with E-state index in [2.05, 4.69) is 10.3 Å². The number of aromatic nitrogens is 2. The molecule has 0 fully saturated rings. The zero-order valence-electron chi connectivity index (χ0n) is 18.0. The van der Waals surface area contributed by atoms with Gasteiger partial charge in [-0.3, -0.25) is 14.2 Å². The van der Waals surface area contributed by atoms with Gasteiger partial charge in [0.25, 0.3) is 5.56 Å². The molecule has 0 radical (unpaired) electrons. The summed E-state index contributed by atoms with van der Waals surface area (Å²) < 4.78 is 17.8. The molecule has 32 heavy (non-hydrogen) atoms. The molecule has 0 spiro atoms. The van der Waals surface area contributed by atoms with Gasteiger partial charge < -0.3 is 19.2 Å². The largest absolute Gasteiger partial charge is 0.497 e. The predicted octanol–water partition coefficient (Wildman–Crippen LogP) is 4.30. The Morgan fingerprint density at radius 1 is 1.16 bits per heavy atom. The number of ether oxygens (including phenoxy) is 2. The van der Waals surface area contributed by atoms with E-state index in [1.54, 1.807) is 37.0 Å². The van der Waals surface area contributed by atoms with E-state index < -0.39 is 0 Å². The number of nitrogens with zero attached hydrogens (tertiary/aromatic N) is 2. The van der Waals surface area contributed by atoms with Gasteiger partial charge in [-0.05, 0) is 18.6 Å². The molecule has 1 N–H and O–H groups in total. The Labute approximate surface area is 188 Å². The van der Waals surface area contributed by atoms with Gasteiger partial charge in [0.05, 0.1) is 20.0 Å². The van der Waals surface area contributed by atoms with Crippen LogP contribution in [0.15, 0.2) is 56.8 Å². The smallest absolute Gasteiger partial charge is 0.297 e. The molecule has 0 aliphatic rings. The summed E-state index contributed by atoms with van der Waals surface area (Å²) in [5.41, 5.74) is 1.67. The third-order valence-corrected chi connectivity index (χ3v) is 5.84. The highest BCUT2D eigenvalue weighted by Gasteiger charge is 2.18. The molecule has 2 heterocycles. The van der Waals surface area contributed by atoms with Gasteiger partial charge in [0, 0.05) is 35.8 Å². The van der Waals surface area contributed by atoms with E-state index in [0.29, 0.717) is 40.0 Å². The molecule has 4 aromatic rings. The van der Waals surface area contributed by atoms with Crippen molar-refractivity contribution in [3.05, 3.63) is 52.8 Å². The lowest BCUT2D eigenvalue weighted by Gasteiger charge is -2.12. The van der Waals surface area contributed by atoms with E-state index in [4.69, 9.17) is 13.9 Å². The number of nitrogens with one attached hydrogen (secondary N) is 1. The minimum atomic E-state index is -0.242. The molecule has 0 aliphatic heterocycles. The number of carbonyl (C=O) groups excluding carboxylic acids is 1. The molecular weight excluding hydrogens is 430 g/mol. The standard InChI is InChI=1S/C23H23N3O5S/c1-4-9-26-22(28)21-20(17-7-5-6-8-18(17)31-21)25-23(26)32-13-19(27)24-14-10-15(29-2)12-16(11-14)30-3/h5-8,10-12H,4,9,13H2,1-3H3,(H,24,27). The van der Waals surface area contributed by atoms with Crippen molar-refractivity contribution < 1.29 is 18.7 Å². The van der Waals surface area contributed by atoms with Crippen molar-refractivity contribution in [2.75, 3.05) is 25.3 Å². The van der Waals surface area contributed by atoms with E-state index in [1.165, 1.54) is 11.8 Å². The summed E-state index contributed by atoms with van der Waals surface area (Å²) in [5.74, 6) is 0.989. The first-order valence-electron chi connectivity index (χ1n) is 10.1. The van der Waals surface area contributed by atoms with Crippen molar-refractivity contribution in [2.24, 2.45) is 0 Å². The Bertz CT molecular complexity index is 1320. The quantitative estimate of drug-likeness (QED) is 0.314. The summed E-state index contributed by atoms with van der Waals surface area (Å²) in [5, 5.41) is 4.09. The third-order valence-electron chi connectivity index (χ3n) is 4.86. The van der Waals surface area contributed by atoms with E-state index in [1.807, 2.05) is 31.2 Å². The average Bonchev–Trinajstić information content (AvgIpc) is 3.18. The number of carbonyl (C=O) groups is 1. The number of amides is 1. The normalized spacial score (nSPS) is 11.1. The summed E-state index contributed by atoms with van der Waals surface area (Å²) in [6.45, 7) is 2.46. The van der Waals surface area contributed by atoms with Crippen molar-refractivity contribution in [2.45, 2.75) is 25.0 Å². The van der Waals surface area contributed by atoms with Gasteiger partial charge in [0.1, 0.15) is 22.6 Å². The van der Waals surface area contributed by atoms with Crippen LogP contribution in [0.5, 0.6) is 11.5 Å². The van der Waals surface area contributed by atoms with Crippen LogP contribution in [0.3, 0.4) is 0 Å². The molecule has 0 bridgehead atoms. The number of hydrogen-bond acceptors (Lipinski definition) is 7. The van der Waals surface area contributed by atoms with Crippen LogP contribution in [0.25, 0.3) is 22.1 Å². The minimum absolute atomic E-state index is 0.0803. The highest BCUT2D eigenvalue weighted by Crippen LogP contribution is 2.28. The van der Waals surface area contributed by atoms with Crippen LogP contribution in [0.4, 0.5) is 5.69 Å². The fourth-order valence-electron chi connectivity index (χ4n) is 3.39. The summed E-state index contributed by atoms with van der Waals surface area (Å²) in [6.07, 6.45) is 0.747. The highest BCUT2D eigenvalue weighted by molar-refractivity contribution is 7.99. The van der Waals surface area contributed by atoms with Crippen LogP contribution in [-0.2, 0) is 11.3 Å². The molecule has 0 atom stereocenters. The van der Waals surface area contributed by atoms with E-state index in [9.17, 15) is 9.59 Å². The second-order valence-electron chi connectivity index (χ2n) is 7.07. The molecule has 0 unspecified atom stereocenters. The fraction of sp³-hybridized carbons (Fsp3) is 0.261. The Kier molecular flexibility index (Phi) is 6.36. The molecule has 9 heteroatoms. The van der Waals surface area contributed by atoms with Crippen molar-refractivity contribution in [1.82, 2.24) is 9.55 Å². The van der Waals surface area contributed by atoms with Crippen LogP contribution in [-0.4, -0.2) is 35.4 Å². The summed E-state index contributed by atoms with van der Waals surface area (Å²) in [4.78, 5) is 30.4. The lowest BCUT2D eigenvalue weighted by atomic mass is 10.2. The molecule has 2 aromatic heterocycles. The van der Waals surface area contributed by atoms with Gasteiger partial charge in [-0.1, -0.05) is 30.8 Å². The highest BCUT2D eigenvalue weighted by atomic mass is 32.2. The number of para-hydroxylation sites is 1. The number of hydrogen-bond donors (Lipinski definition) is 1. The number of methoxy groups -OCH3 is 2. The van der Waals surface area contributed by atoms with Gasteiger partial charge in [-0.25, -0.2) is 4.98 Å². The lowest BCUT2D eigenvalue weighted by Crippen LogP contribution is -2.23. The van der Waals surface area contributed by atoms with Gasteiger partial charge >= 0.3 is 0 Å². The van der Waals surface area contributed by atoms with Gasteiger partial charge in [0.2, 0.25) is 11.5 Å². The van der Waals surface area contributed by atoms with Gasteiger partial charge in [-0.15, -0.1) is 0 Å². The minimum Gasteiger partial charge on any atom is -0.497 e. The SMILES string of the molecule is CCCn1c(SCC(=O)Nc2cc(OC)cc(OC)c2)nc2c(oc3ccccc32)c1=O. The van der Waals surface area contributed by atoms with Crippen LogP contribution in [0, 0.1) is 0 Å². The van der Waals surface area contributed by atoms with Gasteiger partial charge in [0.15, 0.2) is 5.16 Å². The topological polar surface area (TPSA) is 95.6 Å². The predicted molar refractivity (Wildman–Crippen MR) is 125 cm³/mol. The Hall–Kier alpha value is -3.46. The fourth-order valence-corrected chi connectivity index (χ4v) is 4.21. The molecule has 2 aromatic carbocycles. The van der Waals surface area contributed by atoms with Crippen molar-refractivity contribution in [3.63, 3.8) is 0 Å². The first-order chi connectivity index (χ1) is 15.5. The number of anilines is 1. The number of benzene rings is 2. The summed E-state index contributed by atoms with van der Waals surface area (Å²) >= 11 is 1.21. The zero-order chi connectivity index (χ0) is 22.7. The number of thioether (sulfide) groups is 1. The van der Waals surface area contributed by atoms with E-state index in [0.717, 1.165) is 11.8 Å². The second-order valence-corrected chi connectivity index (χ2v) is 8.01. The van der Waals surface area contributed by atoms with E-state index in [-0.39, 0.29) is 22.8 Å². The Morgan fingerprint density at radius 3 is 2.56 bits per heavy atom. The summed E-state index contributed by atoms with van der Waals surface area (Å²) in [7, 11) is 3.09. The number of rotatable bonds is 8. The zero-order valence-corrected chi connectivity index (χ0v) is 18.8. The molecule has 4 rings (SSSR count). The summed E-state index contributed by atoms with van der Waals surface area (Å²) in [6, 6.07) is 12.5. The molecule has 0 saturated carbocycles. The lowest BCUT2D eigenvalue weighted by molar-refractivity contribution is -0.113. The first kappa shape index (κ1) is 21.8. The molecule has 166 valence electrons. The maximum atomic E-state index is 13.1. The first-order valence-corrected chi connectivity index (χ1v) is 11.1. The van der Waals surface area contributed by atoms with Crippen molar-refractivity contribution in [1.29, 1.82) is 0 Å². The Morgan fingerprint density at radius 2 is 1.88 bits per heavy atom. The van der Waals surface area contributed by atoms with Crippen LogP contribution in [0.2, 0.25) is 0 Å². The molecule has 8 nitrogen and oxygen atoms in total. The third kappa shape index (κ3) is 4.29. The van der Waals surface area contributed by atoms with Gasteiger partial charge in [-0.2, -0.15) is 0 Å². The maximum absolute atomic E-state index is 13.1. The molecular formula is C23H23N3O5S. The van der Waals surface area contributed by atoms with Crippen LogP contribution in [0.1, 0.15) is 13.3 Å². The monoisotopic (exact) mass is 453 g/mol. The van der Waals surface area contributed by atoms with Crippen LogP contribution < -0.4 is 20.3 Å². The molecule has 0 saturated heterocycles. The van der Waals surface area contributed by atoms with Crippen molar-refractivity contribution in [3.8, 4) is 11.5 Å². The maximum Gasteiger partial charge on any atom is 0.297 e. The molecule has 0 aliphatic carbocycles. The molecule has 1 amide bonds.